The van der Waals surface area contributed by atoms with E-state index in [1.54, 1.807) is 6.33 Å². The van der Waals surface area contributed by atoms with Crippen LogP contribution in [0.5, 0.6) is 5.75 Å². The minimum absolute atomic E-state index is 0.142. The summed E-state index contributed by atoms with van der Waals surface area (Å²) in [7, 11) is 0. The number of nitrogens with one attached hydrogen (secondary N) is 1. The van der Waals surface area contributed by atoms with Gasteiger partial charge in [0.25, 0.3) is 0 Å². The van der Waals surface area contributed by atoms with Crippen LogP contribution in [0.1, 0.15) is 36.6 Å². The van der Waals surface area contributed by atoms with Crippen molar-refractivity contribution in [2.45, 2.75) is 25.4 Å². The predicted molar refractivity (Wildman–Crippen MR) is 101 cm³/mol. The minimum atomic E-state index is 0.142. The average molecular weight is 399 g/mol. The molecule has 0 radical (unpaired) electrons. The molecule has 0 spiro atoms. The van der Waals surface area contributed by atoms with Gasteiger partial charge in [0.05, 0.1) is 18.7 Å². The maximum Gasteiger partial charge on any atom is 0.222 e. The number of benzene rings is 2. The quantitative estimate of drug-likeness (QED) is 0.698. The fourth-order valence-electron chi connectivity index (χ4n) is 3.26. The number of fused-ring (bicyclic) bond motifs is 1. The van der Waals surface area contributed by atoms with E-state index < -0.39 is 0 Å². The molecule has 2 atom stereocenters. The zero-order valence-electron chi connectivity index (χ0n) is 13.9. The second-order valence-corrected chi connectivity index (χ2v) is 6.95. The third kappa shape index (κ3) is 3.26. The highest BCUT2D eigenvalue weighted by Crippen LogP contribution is 2.37. The fraction of sp³-hybridized carbons (Fsp3) is 0.263. The summed E-state index contributed by atoms with van der Waals surface area (Å²) < 4.78 is 8.60. The number of halogens is 1. The van der Waals surface area contributed by atoms with Crippen molar-refractivity contribution in [1.82, 2.24) is 14.8 Å². The van der Waals surface area contributed by atoms with Gasteiger partial charge in [0.1, 0.15) is 12.1 Å². The molecule has 3 aromatic rings. The highest BCUT2D eigenvalue weighted by atomic mass is 79.9. The third-order valence-corrected chi connectivity index (χ3v) is 5.01. The molecule has 1 aromatic heterocycles. The standard InChI is InChI=1S/C19H19BrN4O/c1-2-25-16-9-5-14(6-10-16)18-11-17(13-3-7-15(20)8-4-13)23-19-21-12-22-24(18)19/h3-10,12,17-18H,2,11H2,1H3,(H,21,22,23)/t17-,18-/m1/s1. The normalized spacial score (nSPS) is 19.1. The summed E-state index contributed by atoms with van der Waals surface area (Å²) >= 11 is 3.50. The molecular weight excluding hydrogens is 380 g/mol. The van der Waals surface area contributed by atoms with Gasteiger partial charge in [-0.15, -0.1) is 0 Å². The van der Waals surface area contributed by atoms with E-state index in [0.717, 1.165) is 22.6 Å². The lowest BCUT2D eigenvalue weighted by Crippen LogP contribution is -2.28. The summed E-state index contributed by atoms with van der Waals surface area (Å²) in [5.74, 6) is 1.70. The van der Waals surface area contributed by atoms with Crippen LogP contribution in [-0.2, 0) is 0 Å². The van der Waals surface area contributed by atoms with Gasteiger partial charge in [0, 0.05) is 4.47 Å². The number of hydrogen-bond acceptors (Lipinski definition) is 4. The molecule has 0 amide bonds. The molecule has 2 aromatic carbocycles. The highest BCUT2D eigenvalue weighted by Gasteiger charge is 2.29. The first-order valence-electron chi connectivity index (χ1n) is 8.39. The van der Waals surface area contributed by atoms with Crippen LogP contribution in [0.25, 0.3) is 0 Å². The van der Waals surface area contributed by atoms with Crippen LogP contribution in [0.15, 0.2) is 59.3 Å². The van der Waals surface area contributed by atoms with Crippen molar-refractivity contribution in [2.75, 3.05) is 11.9 Å². The van der Waals surface area contributed by atoms with Gasteiger partial charge >= 0.3 is 0 Å². The molecule has 2 heterocycles. The molecule has 0 saturated heterocycles. The largest absolute Gasteiger partial charge is 0.494 e. The lowest BCUT2D eigenvalue weighted by Gasteiger charge is -2.32. The lowest BCUT2D eigenvalue weighted by molar-refractivity contribution is 0.340. The second kappa shape index (κ2) is 6.88. The number of rotatable bonds is 4. The van der Waals surface area contributed by atoms with Crippen LogP contribution in [0, 0.1) is 0 Å². The smallest absolute Gasteiger partial charge is 0.222 e. The summed E-state index contributed by atoms with van der Waals surface area (Å²) in [5.41, 5.74) is 2.45. The molecule has 5 nitrogen and oxygen atoms in total. The topological polar surface area (TPSA) is 52.0 Å². The molecule has 0 aliphatic carbocycles. The van der Waals surface area contributed by atoms with Crippen LogP contribution in [0.2, 0.25) is 0 Å². The van der Waals surface area contributed by atoms with Gasteiger partial charge in [-0.1, -0.05) is 40.2 Å². The zero-order valence-corrected chi connectivity index (χ0v) is 15.5. The van der Waals surface area contributed by atoms with Crippen molar-refractivity contribution in [2.24, 2.45) is 0 Å². The molecule has 0 unspecified atom stereocenters. The lowest BCUT2D eigenvalue weighted by atomic mass is 9.93. The van der Waals surface area contributed by atoms with Gasteiger partial charge in [-0.05, 0) is 48.7 Å². The molecule has 128 valence electrons. The fourth-order valence-corrected chi connectivity index (χ4v) is 3.53. The van der Waals surface area contributed by atoms with Gasteiger partial charge in [0.15, 0.2) is 0 Å². The summed E-state index contributed by atoms with van der Waals surface area (Å²) in [6.07, 6.45) is 2.51. The molecule has 1 N–H and O–H groups in total. The first kappa shape index (κ1) is 16.1. The number of anilines is 1. The van der Waals surface area contributed by atoms with E-state index in [-0.39, 0.29) is 12.1 Å². The number of ether oxygens (including phenoxy) is 1. The molecule has 0 saturated carbocycles. The van der Waals surface area contributed by atoms with Crippen LogP contribution < -0.4 is 10.1 Å². The molecule has 4 rings (SSSR count). The SMILES string of the molecule is CCOc1ccc([C@H]2C[C@H](c3ccc(Br)cc3)Nc3ncnn32)cc1. The Morgan fingerprint density at radius 3 is 2.56 bits per heavy atom. The zero-order chi connectivity index (χ0) is 17.2. The van der Waals surface area contributed by atoms with Crippen molar-refractivity contribution in [3.05, 3.63) is 70.5 Å². The van der Waals surface area contributed by atoms with E-state index in [4.69, 9.17) is 4.74 Å². The summed E-state index contributed by atoms with van der Waals surface area (Å²) in [4.78, 5) is 4.38. The Morgan fingerprint density at radius 2 is 1.84 bits per heavy atom. The van der Waals surface area contributed by atoms with Crippen LogP contribution in [0.3, 0.4) is 0 Å². The van der Waals surface area contributed by atoms with E-state index in [9.17, 15) is 0 Å². The van der Waals surface area contributed by atoms with Gasteiger partial charge in [0.2, 0.25) is 5.95 Å². The van der Waals surface area contributed by atoms with E-state index >= 15 is 0 Å². The Bertz CT molecular complexity index is 845. The summed E-state index contributed by atoms with van der Waals surface area (Å²) in [6, 6.07) is 17.0. The summed E-state index contributed by atoms with van der Waals surface area (Å²) in [5, 5.41) is 7.91. The Morgan fingerprint density at radius 1 is 1.12 bits per heavy atom. The van der Waals surface area contributed by atoms with E-state index in [0.29, 0.717) is 6.61 Å². The molecular formula is C19H19BrN4O. The predicted octanol–water partition coefficient (Wildman–Crippen LogP) is 4.59. The molecule has 1 aliphatic rings. The first-order chi connectivity index (χ1) is 12.2. The summed E-state index contributed by atoms with van der Waals surface area (Å²) in [6.45, 7) is 2.66. The van der Waals surface area contributed by atoms with Gasteiger partial charge in [-0.2, -0.15) is 10.1 Å². The average Bonchev–Trinajstić information content (AvgIpc) is 3.11. The van der Waals surface area contributed by atoms with Crippen molar-refractivity contribution in [1.29, 1.82) is 0 Å². The number of nitrogens with zero attached hydrogens (tertiary/aromatic N) is 3. The van der Waals surface area contributed by atoms with Crippen molar-refractivity contribution < 1.29 is 4.74 Å². The Balaban J connectivity index is 1.65. The Labute approximate surface area is 155 Å². The number of aromatic nitrogens is 3. The monoisotopic (exact) mass is 398 g/mol. The van der Waals surface area contributed by atoms with Crippen molar-refractivity contribution in [3.63, 3.8) is 0 Å². The molecule has 0 fully saturated rings. The first-order valence-corrected chi connectivity index (χ1v) is 9.18. The highest BCUT2D eigenvalue weighted by molar-refractivity contribution is 9.10. The molecule has 0 bridgehead atoms. The van der Waals surface area contributed by atoms with E-state index in [1.165, 1.54) is 11.1 Å². The third-order valence-electron chi connectivity index (χ3n) is 4.48. The maximum atomic E-state index is 5.55. The second-order valence-electron chi connectivity index (χ2n) is 6.03. The molecule has 1 aliphatic heterocycles. The number of hydrogen-bond donors (Lipinski definition) is 1. The van der Waals surface area contributed by atoms with Crippen LogP contribution in [-0.4, -0.2) is 21.4 Å². The van der Waals surface area contributed by atoms with Gasteiger partial charge in [-0.3, -0.25) is 0 Å². The van der Waals surface area contributed by atoms with E-state index in [1.807, 2.05) is 23.7 Å². The van der Waals surface area contributed by atoms with Crippen LogP contribution >= 0.6 is 15.9 Å². The molecule has 25 heavy (non-hydrogen) atoms. The Kier molecular flexibility index (Phi) is 4.44. The minimum Gasteiger partial charge on any atom is -0.494 e. The van der Waals surface area contributed by atoms with Gasteiger partial charge in [-0.25, -0.2) is 4.68 Å². The van der Waals surface area contributed by atoms with Crippen LogP contribution in [0.4, 0.5) is 5.95 Å². The van der Waals surface area contributed by atoms with E-state index in [2.05, 4.69) is 67.7 Å². The Hall–Kier alpha value is -2.34. The molecule has 6 heteroatoms. The van der Waals surface area contributed by atoms with Crippen molar-refractivity contribution >= 4 is 21.9 Å². The maximum absolute atomic E-state index is 5.55. The van der Waals surface area contributed by atoms with Crippen molar-refractivity contribution in [3.8, 4) is 5.75 Å². The van der Waals surface area contributed by atoms with Gasteiger partial charge < -0.3 is 10.1 Å².